The Morgan fingerprint density at radius 2 is 2.42 bits per heavy atom. The number of aromatic nitrogens is 1. The molecule has 5 nitrogen and oxygen atoms in total. The molecule has 1 aliphatic heterocycles. The summed E-state index contributed by atoms with van der Waals surface area (Å²) in [5.41, 5.74) is 0.808. The Balaban J connectivity index is 2.12. The second-order valence-electron chi connectivity index (χ2n) is 5.02. The van der Waals surface area contributed by atoms with Crippen LogP contribution in [-0.4, -0.2) is 53.9 Å². The minimum Gasteiger partial charge on any atom is -0.337 e. The molecule has 0 aromatic carbocycles. The van der Waals surface area contributed by atoms with E-state index in [-0.39, 0.29) is 17.6 Å². The zero-order valence-corrected chi connectivity index (χ0v) is 11.3. The van der Waals surface area contributed by atoms with Crippen molar-refractivity contribution < 1.29 is 4.79 Å². The number of amides is 1. The van der Waals surface area contributed by atoms with Crippen LogP contribution in [0.4, 0.5) is 0 Å². The first-order chi connectivity index (χ1) is 9.11. The molecule has 0 aliphatic carbocycles. The standard InChI is InChI=1S/C14H18N4O/c1-17-7-3-4-13(10-17)18(2)14(19)11-5-6-16-12(8-11)9-15/h5-6,8,13H,3-4,7,10H2,1-2H3. The molecule has 0 radical (unpaired) electrons. The van der Waals surface area contributed by atoms with Gasteiger partial charge in [0.1, 0.15) is 11.8 Å². The topological polar surface area (TPSA) is 60.2 Å². The summed E-state index contributed by atoms with van der Waals surface area (Å²) in [4.78, 5) is 20.3. The van der Waals surface area contributed by atoms with Crippen molar-refractivity contribution in [3.8, 4) is 6.07 Å². The van der Waals surface area contributed by atoms with Crippen LogP contribution in [0.5, 0.6) is 0 Å². The maximum Gasteiger partial charge on any atom is 0.254 e. The number of rotatable bonds is 2. The van der Waals surface area contributed by atoms with Crippen molar-refractivity contribution >= 4 is 5.91 Å². The minimum atomic E-state index is -0.0424. The number of hydrogen-bond acceptors (Lipinski definition) is 4. The third-order valence-electron chi connectivity index (χ3n) is 3.59. The fourth-order valence-corrected chi connectivity index (χ4v) is 2.45. The third-order valence-corrected chi connectivity index (χ3v) is 3.59. The maximum atomic E-state index is 12.4. The Kier molecular flexibility index (Phi) is 4.13. The second kappa shape index (κ2) is 5.81. The first kappa shape index (κ1) is 13.5. The van der Waals surface area contributed by atoms with Crippen molar-refractivity contribution in [3.63, 3.8) is 0 Å². The van der Waals surface area contributed by atoms with Gasteiger partial charge in [-0.3, -0.25) is 4.79 Å². The van der Waals surface area contributed by atoms with Gasteiger partial charge in [-0.05, 0) is 38.6 Å². The summed E-state index contributed by atoms with van der Waals surface area (Å²) in [5, 5.41) is 8.82. The van der Waals surface area contributed by atoms with E-state index in [9.17, 15) is 4.79 Å². The van der Waals surface area contributed by atoms with E-state index < -0.39 is 0 Å². The number of pyridine rings is 1. The molecular weight excluding hydrogens is 240 g/mol. The summed E-state index contributed by atoms with van der Waals surface area (Å²) in [5.74, 6) is -0.0424. The van der Waals surface area contributed by atoms with Gasteiger partial charge >= 0.3 is 0 Å². The first-order valence-electron chi connectivity index (χ1n) is 6.43. The number of nitriles is 1. The highest BCUT2D eigenvalue weighted by Gasteiger charge is 2.25. The normalized spacial score (nSPS) is 19.7. The van der Waals surface area contributed by atoms with Crippen molar-refractivity contribution in [1.82, 2.24) is 14.8 Å². The Morgan fingerprint density at radius 1 is 1.63 bits per heavy atom. The van der Waals surface area contributed by atoms with Gasteiger partial charge in [0.15, 0.2) is 0 Å². The molecule has 0 N–H and O–H groups in total. The molecule has 0 bridgehead atoms. The van der Waals surface area contributed by atoms with Gasteiger partial charge in [-0.2, -0.15) is 5.26 Å². The van der Waals surface area contributed by atoms with Gasteiger partial charge in [-0.25, -0.2) is 4.98 Å². The first-order valence-corrected chi connectivity index (χ1v) is 6.43. The molecule has 100 valence electrons. The average molecular weight is 258 g/mol. The minimum absolute atomic E-state index is 0.0424. The highest BCUT2D eigenvalue weighted by atomic mass is 16.2. The molecule has 2 heterocycles. The predicted octanol–water partition coefficient (Wildman–Crippen LogP) is 1.12. The molecule has 1 fully saturated rings. The molecule has 2 rings (SSSR count). The van der Waals surface area contributed by atoms with Gasteiger partial charge < -0.3 is 9.80 Å². The summed E-state index contributed by atoms with van der Waals surface area (Å²) < 4.78 is 0. The molecule has 0 spiro atoms. The number of hydrogen-bond donors (Lipinski definition) is 0. The molecule has 1 saturated heterocycles. The van der Waals surface area contributed by atoms with Crippen LogP contribution in [0.3, 0.4) is 0 Å². The van der Waals surface area contributed by atoms with E-state index in [2.05, 4.69) is 16.9 Å². The summed E-state index contributed by atoms with van der Waals surface area (Å²) in [6.45, 7) is 1.99. The van der Waals surface area contributed by atoms with E-state index in [0.29, 0.717) is 5.56 Å². The van der Waals surface area contributed by atoms with Crippen molar-refractivity contribution in [2.75, 3.05) is 27.2 Å². The SMILES string of the molecule is CN1CCCC(N(C)C(=O)c2ccnc(C#N)c2)C1. The third kappa shape index (κ3) is 3.09. The highest BCUT2D eigenvalue weighted by molar-refractivity contribution is 5.94. The largest absolute Gasteiger partial charge is 0.337 e. The van der Waals surface area contributed by atoms with Gasteiger partial charge in [0, 0.05) is 31.4 Å². The number of carbonyl (C=O) groups excluding carboxylic acids is 1. The summed E-state index contributed by atoms with van der Waals surface area (Å²) in [6.07, 6.45) is 3.65. The Hall–Kier alpha value is -1.93. The summed E-state index contributed by atoms with van der Waals surface area (Å²) in [7, 11) is 3.91. The molecule has 19 heavy (non-hydrogen) atoms. The van der Waals surface area contributed by atoms with Crippen LogP contribution in [0.25, 0.3) is 0 Å². The van der Waals surface area contributed by atoms with Crippen LogP contribution >= 0.6 is 0 Å². The van der Waals surface area contributed by atoms with E-state index >= 15 is 0 Å². The van der Waals surface area contributed by atoms with Gasteiger partial charge in [0.05, 0.1) is 0 Å². The smallest absolute Gasteiger partial charge is 0.254 e. The number of nitrogens with zero attached hydrogens (tertiary/aromatic N) is 4. The average Bonchev–Trinajstić information content (AvgIpc) is 2.45. The Labute approximate surface area is 113 Å². The predicted molar refractivity (Wildman–Crippen MR) is 71.6 cm³/mol. The maximum absolute atomic E-state index is 12.4. The van der Waals surface area contributed by atoms with Crippen LogP contribution in [0.15, 0.2) is 18.3 Å². The van der Waals surface area contributed by atoms with Crippen LogP contribution in [0.1, 0.15) is 28.9 Å². The summed E-state index contributed by atoms with van der Waals surface area (Å²) >= 11 is 0. The van der Waals surface area contributed by atoms with Gasteiger partial charge in [-0.1, -0.05) is 0 Å². The van der Waals surface area contributed by atoms with Crippen molar-refractivity contribution in [3.05, 3.63) is 29.6 Å². The fraction of sp³-hybridized carbons (Fsp3) is 0.500. The van der Waals surface area contributed by atoms with Crippen LogP contribution in [0, 0.1) is 11.3 Å². The lowest BCUT2D eigenvalue weighted by Crippen LogP contribution is -2.47. The zero-order valence-electron chi connectivity index (χ0n) is 11.3. The van der Waals surface area contributed by atoms with E-state index in [1.807, 2.05) is 13.1 Å². The fourth-order valence-electron chi connectivity index (χ4n) is 2.45. The summed E-state index contributed by atoms with van der Waals surface area (Å²) in [6, 6.07) is 5.40. The Bertz CT molecular complexity index is 508. The van der Waals surface area contributed by atoms with E-state index in [4.69, 9.17) is 5.26 Å². The second-order valence-corrected chi connectivity index (χ2v) is 5.02. The van der Waals surface area contributed by atoms with Crippen LogP contribution < -0.4 is 0 Å². The van der Waals surface area contributed by atoms with Crippen LogP contribution in [0.2, 0.25) is 0 Å². The van der Waals surface area contributed by atoms with Crippen molar-refractivity contribution in [2.24, 2.45) is 0 Å². The van der Waals surface area contributed by atoms with Crippen molar-refractivity contribution in [2.45, 2.75) is 18.9 Å². The van der Waals surface area contributed by atoms with E-state index in [1.54, 1.807) is 17.0 Å². The molecule has 0 saturated carbocycles. The Morgan fingerprint density at radius 3 is 3.11 bits per heavy atom. The monoisotopic (exact) mass is 258 g/mol. The van der Waals surface area contributed by atoms with Gasteiger partial charge in [-0.15, -0.1) is 0 Å². The quantitative estimate of drug-likeness (QED) is 0.797. The number of likely N-dealkylation sites (tertiary alicyclic amines) is 1. The van der Waals surface area contributed by atoms with Gasteiger partial charge in [0.25, 0.3) is 5.91 Å². The molecule has 1 aromatic heterocycles. The number of likely N-dealkylation sites (N-methyl/N-ethyl adjacent to an activating group) is 2. The molecule has 1 aliphatic rings. The molecule has 5 heteroatoms. The lowest BCUT2D eigenvalue weighted by Gasteiger charge is -2.35. The molecule has 1 amide bonds. The van der Waals surface area contributed by atoms with Crippen molar-refractivity contribution in [1.29, 1.82) is 5.26 Å². The van der Waals surface area contributed by atoms with E-state index in [0.717, 1.165) is 25.9 Å². The molecule has 1 unspecified atom stereocenters. The highest BCUT2D eigenvalue weighted by Crippen LogP contribution is 2.16. The molecule has 1 atom stereocenters. The molecule has 1 aromatic rings. The lowest BCUT2D eigenvalue weighted by molar-refractivity contribution is 0.0644. The zero-order chi connectivity index (χ0) is 13.8. The van der Waals surface area contributed by atoms with Crippen LogP contribution in [-0.2, 0) is 0 Å². The number of piperidine rings is 1. The lowest BCUT2D eigenvalue weighted by atomic mass is 10.0. The molecular formula is C14H18N4O. The van der Waals surface area contributed by atoms with Gasteiger partial charge in [0.2, 0.25) is 0 Å². The van der Waals surface area contributed by atoms with E-state index in [1.165, 1.54) is 6.20 Å². The number of carbonyl (C=O) groups is 1.